The first-order chi connectivity index (χ1) is 26.0. The second kappa shape index (κ2) is 37.1. The number of quaternary nitrogens is 1. The van der Waals surface area contributed by atoms with E-state index in [2.05, 4.69) is 38.2 Å². The molecule has 0 saturated carbocycles. The number of allylic oxidation sites excluding steroid dienone is 4. The van der Waals surface area contributed by atoms with Gasteiger partial charge in [-0.1, -0.05) is 147 Å². The predicted molar refractivity (Wildman–Crippen MR) is 224 cm³/mol. The molecular formula is C44H85NO8P+. The van der Waals surface area contributed by atoms with E-state index in [1.807, 2.05) is 21.1 Å². The molecule has 0 saturated heterocycles. The van der Waals surface area contributed by atoms with Gasteiger partial charge in [0.1, 0.15) is 19.8 Å². The van der Waals surface area contributed by atoms with Crippen molar-refractivity contribution in [2.75, 3.05) is 47.5 Å². The van der Waals surface area contributed by atoms with Crippen molar-refractivity contribution in [3.8, 4) is 0 Å². The molecule has 0 aliphatic heterocycles. The minimum Gasteiger partial charge on any atom is -0.462 e. The topological polar surface area (TPSA) is 108 Å². The van der Waals surface area contributed by atoms with Crippen LogP contribution in [0.5, 0.6) is 0 Å². The summed E-state index contributed by atoms with van der Waals surface area (Å²) in [5.74, 6) is -0.809. The van der Waals surface area contributed by atoms with Crippen LogP contribution in [0.2, 0.25) is 0 Å². The Morgan fingerprint density at radius 1 is 0.556 bits per heavy atom. The van der Waals surface area contributed by atoms with Crippen LogP contribution in [-0.2, 0) is 32.7 Å². The van der Waals surface area contributed by atoms with Crippen LogP contribution < -0.4 is 0 Å². The summed E-state index contributed by atoms with van der Waals surface area (Å²) in [5, 5.41) is 0. The Bertz CT molecular complexity index is 980. The highest BCUT2D eigenvalue weighted by atomic mass is 31.2. The number of carbonyl (C=O) groups is 2. The molecule has 0 amide bonds. The molecule has 10 heteroatoms. The van der Waals surface area contributed by atoms with E-state index in [0.29, 0.717) is 17.4 Å². The zero-order chi connectivity index (χ0) is 40.0. The van der Waals surface area contributed by atoms with Gasteiger partial charge in [0.15, 0.2) is 6.10 Å². The average molecular weight is 787 g/mol. The third-order valence-corrected chi connectivity index (χ3v) is 10.4. The van der Waals surface area contributed by atoms with Crippen LogP contribution in [0.25, 0.3) is 0 Å². The molecule has 0 spiro atoms. The average Bonchev–Trinajstić information content (AvgIpc) is 3.12. The predicted octanol–water partition coefficient (Wildman–Crippen LogP) is 12.4. The van der Waals surface area contributed by atoms with Gasteiger partial charge in [-0.3, -0.25) is 18.6 Å². The van der Waals surface area contributed by atoms with Crippen LogP contribution >= 0.6 is 7.82 Å². The molecule has 0 radical (unpaired) electrons. The maximum Gasteiger partial charge on any atom is 0.472 e. The van der Waals surface area contributed by atoms with Gasteiger partial charge in [-0.2, -0.15) is 0 Å². The van der Waals surface area contributed by atoms with E-state index in [1.54, 1.807) is 0 Å². The first kappa shape index (κ1) is 52.5. The lowest BCUT2D eigenvalue weighted by Crippen LogP contribution is -2.37. The van der Waals surface area contributed by atoms with Crippen molar-refractivity contribution in [3.05, 3.63) is 24.3 Å². The molecule has 54 heavy (non-hydrogen) atoms. The van der Waals surface area contributed by atoms with Gasteiger partial charge >= 0.3 is 19.8 Å². The molecule has 0 aromatic rings. The van der Waals surface area contributed by atoms with Crippen molar-refractivity contribution >= 4 is 19.8 Å². The van der Waals surface area contributed by atoms with Gasteiger partial charge in [0.25, 0.3) is 0 Å². The third kappa shape index (κ3) is 40.2. The number of carbonyl (C=O) groups excluding carboxylic acids is 2. The van der Waals surface area contributed by atoms with E-state index in [9.17, 15) is 19.0 Å². The van der Waals surface area contributed by atoms with Crippen molar-refractivity contribution in [1.82, 2.24) is 0 Å². The number of rotatable bonds is 40. The number of likely N-dealkylation sites (N-methyl/N-ethyl adjacent to an activating group) is 1. The van der Waals surface area contributed by atoms with Gasteiger partial charge in [-0.25, -0.2) is 4.57 Å². The van der Waals surface area contributed by atoms with Gasteiger partial charge in [0.05, 0.1) is 27.7 Å². The number of unbranched alkanes of at least 4 members (excludes halogenated alkanes) is 22. The maximum atomic E-state index is 12.6. The van der Waals surface area contributed by atoms with Crippen LogP contribution in [0, 0.1) is 0 Å². The fourth-order valence-electron chi connectivity index (χ4n) is 5.93. The minimum atomic E-state index is -4.37. The lowest BCUT2D eigenvalue weighted by Gasteiger charge is -2.24. The largest absolute Gasteiger partial charge is 0.472 e. The Balaban J connectivity index is 4.28. The molecule has 0 aromatic carbocycles. The summed E-state index contributed by atoms with van der Waals surface area (Å²) in [7, 11) is 1.47. The summed E-state index contributed by atoms with van der Waals surface area (Å²) in [6.45, 7) is 4.37. The van der Waals surface area contributed by atoms with E-state index < -0.39 is 26.5 Å². The van der Waals surface area contributed by atoms with Crippen LogP contribution in [0.3, 0.4) is 0 Å². The number of hydrogen-bond donors (Lipinski definition) is 1. The molecule has 0 fully saturated rings. The number of phosphoric acid groups is 1. The zero-order valence-electron chi connectivity index (χ0n) is 35.7. The normalized spacial score (nSPS) is 13.8. The maximum absolute atomic E-state index is 12.6. The van der Waals surface area contributed by atoms with Gasteiger partial charge < -0.3 is 18.9 Å². The molecule has 0 bridgehead atoms. The Kier molecular flexibility index (Phi) is 36.1. The number of hydrogen-bond acceptors (Lipinski definition) is 7. The number of phosphoric ester groups is 1. The first-order valence-corrected chi connectivity index (χ1v) is 23.6. The van der Waals surface area contributed by atoms with Crippen LogP contribution in [0.1, 0.15) is 194 Å². The van der Waals surface area contributed by atoms with Gasteiger partial charge in [-0.15, -0.1) is 0 Å². The first-order valence-electron chi connectivity index (χ1n) is 22.1. The van der Waals surface area contributed by atoms with Crippen LogP contribution in [0.15, 0.2) is 24.3 Å². The van der Waals surface area contributed by atoms with E-state index in [-0.39, 0.29) is 32.0 Å². The van der Waals surface area contributed by atoms with Crippen LogP contribution in [0.4, 0.5) is 0 Å². The Hall–Kier alpha value is -1.51. The Morgan fingerprint density at radius 3 is 1.43 bits per heavy atom. The summed E-state index contributed by atoms with van der Waals surface area (Å²) in [5.41, 5.74) is 0. The molecule has 0 heterocycles. The van der Waals surface area contributed by atoms with Crippen molar-refractivity contribution in [3.63, 3.8) is 0 Å². The quantitative estimate of drug-likeness (QED) is 0.0215. The lowest BCUT2D eigenvalue weighted by molar-refractivity contribution is -0.870. The molecule has 2 atom stereocenters. The highest BCUT2D eigenvalue weighted by Crippen LogP contribution is 2.43. The van der Waals surface area contributed by atoms with Gasteiger partial charge in [-0.05, 0) is 57.8 Å². The zero-order valence-corrected chi connectivity index (χ0v) is 36.6. The van der Waals surface area contributed by atoms with E-state index in [1.165, 1.54) is 103 Å². The molecule has 0 aliphatic rings. The smallest absolute Gasteiger partial charge is 0.462 e. The lowest BCUT2D eigenvalue weighted by atomic mass is 10.1. The summed E-state index contributed by atoms with van der Waals surface area (Å²) in [6.07, 6.45) is 39.4. The number of esters is 2. The van der Waals surface area contributed by atoms with Crippen LogP contribution in [-0.4, -0.2) is 74.9 Å². The van der Waals surface area contributed by atoms with Gasteiger partial charge in [0, 0.05) is 12.8 Å². The number of ether oxygens (including phenoxy) is 2. The van der Waals surface area contributed by atoms with Crippen molar-refractivity contribution in [2.24, 2.45) is 0 Å². The standard InChI is InChI=1S/C44H84NO8P/c1-6-8-10-12-14-16-18-19-20-21-22-23-24-25-27-28-30-32-34-36-43(46)50-40-42(41-52-54(48,49)51-39-38-45(3,4)5)53-44(47)37-35-33-31-29-26-17-15-13-11-9-7-2/h13,15,19-20,42H,6-12,14,16-18,21-41H2,1-5H3/p+1/b15-13+,20-19+/t42-/m0/s1. The van der Waals surface area contributed by atoms with E-state index in [4.69, 9.17) is 18.5 Å². The second-order valence-corrected chi connectivity index (χ2v) is 17.5. The van der Waals surface area contributed by atoms with Gasteiger partial charge in [0.2, 0.25) is 0 Å². The molecule has 318 valence electrons. The third-order valence-electron chi connectivity index (χ3n) is 9.45. The fraction of sp³-hybridized carbons (Fsp3) is 0.864. The van der Waals surface area contributed by atoms with Crippen molar-refractivity contribution in [2.45, 2.75) is 200 Å². The molecule has 1 unspecified atom stereocenters. The molecule has 0 aliphatic carbocycles. The highest BCUT2D eigenvalue weighted by Gasteiger charge is 2.27. The van der Waals surface area contributed by atoms with E-state index >= 15 is 0 Å². The summed E-state index contributed by atoms with van der Waals surface area (Å²) >= 11 is 0. The molecule has 0 aromatic heterocycles. The SMILES string of the molecule is CCCC/C=C/CCCCCCCC(=O)O[C@@H](COC(=O)CCCCCCCCCCC/C=C/CCCCCCCC)COP(=O)(O)OCC[N+](C)(C)C. The molecule has 1 N–H and O–H groups in total. The van der Waals surface area contributed by atoms with Crippen molar-refractivity contribution < 1.29 is 42.1 Å². The molecule has 0 rings (SSSR count). The Morgan fingerprint density at radius 2 is 0.963 bits per heavy atom. The highest BCUT2D eigenvalue weighted by molar-refractivity contribution is 7.47. The Labute approximate surface area is 332 Å². The summed E-state index contributed by atoms with van der Waals surface area (Å²) < 4.78 is 34.2. The summed E-state index contributed by atoms with van der Waals surface area (Å²) in [4.78, 5) is 35.3. The molecular weight excluding hydrogens is 701 g/mol. The van der Waals surface area contributed by atoms with Crippen molar-refractivity contribution in [1.29, 1.82) is 0 Å². The second-order valence-electron chi connectivity index (χ2n) is 16.1. The number of nitrogens with zero attached hydrogens (tertiary/aromatic N) is 1. The summed E-state index contributed by atoms with van der Waals surface area (Å²) in [6, 6.07) is 0. The van der Waals surface area contributed by atoms with E-state index in [0.717, 1.165) is 57.8 Å². The molecule has 9 nitrogen and oxygen atoms in total. The monoisotopic (exact) mass is 787 g/mol. The minimum absolute atomic E-state index is 0.0309. The fourth-order valence-corrected chi connectivity index (χ4v) is 6.67.